The summed E-state index contributed by atoms with van der Waals surface area (Å²) >= 11 is 0. The summed E-state index contributed by atoms with van der Waals surface area (Å²) in [5.41, 5.74) is 2.57. The molecule has 6 nitrogen and oxygen atoms in total. The van der Waals surface area contributed by atoms with E-state index in [-0.39, 0.29) is 23.5 Å². The summed E-state index contributed by atoms with van der Waals surface area (Å²) < 4.78 is 32.7. The number of carbonyl (C=O) groups is 1. The van der Waals surface area contributed by atoms with Crippen LogP contribution in [0.4, 0.5) is 5.69 Å². The van der Waals surface area contributed by atoms with Gasteiger partial charge in [-0.2, -0.15) is 0 Å². The van der Waals surface area contributed by atoms with Crippen molar-refractivity contribution < 1.29 is 17.9 Å². The van der Waals surface area contributed by atoms with Crippen molar-refractivity contribution in [1.82, 2.24) is 4.72 Å². The first-order valence-corrected chi connectivity index (χ1v) is 10.5. The SMILES string of the molecule is CCc1ccc(NC(=O)COc2ccc(S(=O)(=O)NC3CC3)cc2C)cc1. The first-order valence-electron chi connectivity index (χ1n) is 9.02. The van der Waals surface area contributed by atoms with E-state index in [1.807, 2.05) is 24.3 Å². The molecule has 0 radical (unpaired) electrons. The van der Waals surface area contributed by atoms with Gasteiger partial charge < -0.3 is 10.1 Å². The Balaban J connectivity index is 1.57. The quantitative estimate of drug-likeness (QED) is 0.728. The van der Waals surface area contributed by atoms with E-state index in [4.69, 9.17) is 4.74 Å². The van der Waals surface area contributed by atoms with Crippen LogP contribution in [-0.2, 0) is 21.2 Å². The summed E-state index contributed by atoms with van der Waals surface area (Å²) in [6, 6.07) is 12.3. The summed E-state index contributed by atoms with van der Waals surface area (Å²) in [5, 5.41) is 2.78. The van der Waals surface area contributed by atoms with E-state index in [9.17, 15) is 13.2 Å². The summed E-state index contributed by atoms with van der Waals surface area (Å²) in [6.07, 6.45) is 2.71. The van der Waals surface area contributed by atoms with Gasteiger partial charge >= 0.3 is 0 Å². The van der Waals surface area contributed by atoms with Crippen LogP contribution in [0.3, 0.4) is 0 Å². The highest BCUT2D eigenvalue weighted by molar-refractivity contribution is 7.89. The molecule has 1 amide bonds. The lowest BCUT2D eigenvalue weighted by Crippen LogP contribution is -2.25. The van der Waals surface area contributed by atoms with Crippen molar-refractivity contribution >= 4 is 21.6 Å². The molecule has 27 heavy (non-hydrogen) atoms. The van der Waals surface area contributed by atoms with Gasteiger partial charge in [0.1, 0.15) is 5.75 Å². The number of amides is 1. The van der Waals surface area contributed by atoms with Gasteiger partial charge in [-0.3, -0.25) is 4.79 Å². The second-order valence-corrected chi connectivity index (χ2v) is 8.42. The van der Waals surface area contributed by atoms with Crippen LogP contribution in [-0.4, -0.2) is 27.0 Å². The Morgan fingerprint density at radius 1 is 1.15 bits per heavy atom. The van der Waals surface area contributed by atoms with Gasteiger partial charge in [-0.15, -0.1) is 0 Å². The summed E-state index contributed by atoms with van der Waals surface area (Å²) in [5.74, 6) is 0.211. The zero-order chi connectivity index (χ0) is 19.4. The molecule has 0 heterocycles. The Hall–Kier alpha value is -2.38. The van der Waals surface area contributed by atoms with Gasteiger partial charge in [-0.1, -0.05) is 19.1 Å². The van der Waals surface area contributed by atoms with E-state index in [0.717, 1.165) is 19.3 Å². The molecule has 1 aliphatic carbocycles. The molecule has 2 aromatic rings. The first-order chi connectivity index (χ1) is 12.9. The summed E-state index contributed by atoms with van der Waals surface area (Å²) in [4.78, 5) is 12.3. The fourth-order valence-corrected chi connectivity index (χ4v) is 3.99. The molecular weight excluding hydrogens is 364 g/mol. The molecule has 2 aromatic carbocycles. The van der Waals surface area contributed by atoms with Crippen molar-refractivity contribution in [1.29, 1.82) is 0 Å². The zero-order valence-electron chi connectivity index (χ0n) is 15.5. The Labute approximate surface area is 160 Å². The molecule has 1 fully saturated rings. The van der Waals surface area contributed by atoms with E-state index in [1.165, 1.54) is 11.6 Å². The topological polar surface area (TPSA) is 84.5 Å². The second-order valence-electron chi connectivity index (χ2n) is 6.71. The Morgan fingerprint density at radius 3 is 2.44 bits per heavy atom. The Bertz CT molecular complexity index is 919. The van der Waals surface area contributed by atoms with Crippen LogP contribution in [0.1, 0.15) is 30.9 Å². The fourth-order valence-electron chi connectivity index (χ4n) is 2.60. The predicted molar refractivity (Wildman–Crippen MR) is 104 cm³/mol. The van der Waals surface area contributed by atoms with E-state index in [0.29, 0.717) is 17.0 Å². The molecule has 0 aliphatic heterocycles. The lowest BCUT2D eigenvalue weighted by molar-refractivity contribution is -0.118. The number of ether oxygens (including phenoxy) is 1. The average Bonchev–Trinajstić information content (AvgIpc) is 3.44. The van der Waals surface area contributed by atoms with Crippen LogP contribution < -0.4 is 14.8 Å². The number of anilines is 1. The molecule has 2 N–H and O–H groups in total. The average molecular weight is 388 g/mol. The standard InChI is InChI=1S/C20H24N2O4S/c1-3-15-4-6-16(7-5-15)21-20(23)13-26-19-11-10-18(12-14(19)2)27(24,25)22-17-8-9-17/h4-7,10-12,17,22H,3,8-9,13H2,1-2H3,(H,21,23). The summed E-state index contributed by atoms with van der Waals surface area (Å²) in [7, 11) is -3.50. The Morgan fingerprint density at radius 2 is 1.85 bits per heavy atom. The number of sulfonamides is 1. The van der Waals surface area contributed by atoms with Crippen molar-refractivity contribution in [3.05, 3.63) is 53.6 Å². The minimum Gasteiger partial charge on any atom is -0.483 e. The molecule has 0 unspecified atom stereocenters. The number of aryl methyl sites for hydroxylation is 2. The van der Waals surface area contributed by atoms with E-state index in [1.54, 1.807) is 19.1 Å². The second kappa shape index (κ2) is 8.10. The number of nitrogens with one attached hydrogen (secondary N) is 2. The third-order valence-electron chi connectivity index (χ3n) is 4.36. The third kappa shape index (κ3) is 5.30. The predicted octanol–water partition coefficient (Wildman–Crippen LogP) is 3.02. The maximum absolute atomic E-state index is 12.2. The van der Waals surface area contributed by atoms with Crippen molar-refractivity contribution in [2.45, 2.75) is 44.0 Å². The molecule has 0 saturated heterocycles. The molecule has 1 aliphatic rings. The van der Waals surface area contributed by atoms with E-state index in [2.05, 4.69) is 17.0 Å². The number of carbonyl (C=O) groups excluding carboxylic acids is 1. The van der Waals surface area contributed by atoms with Gasteiger partial charge in [0.2, 0.25) is 10.0 Å². The largest absolute Gasteiger partial charge is 0.483 e. The van der Waals surface area contributed by atoms with Gasteiger partial charge in [-0.05, 0) is 67.6 Å². The normalized spacial score (nSPS) is 14.0. The molecule has 7 heteroatoms. The first kappa shape index (κ1) is 19.4. The maximum atomic E-state index is 12.2. The molecular formula is C20H24N2O4S. The van der Waals surface area contributed by atoms with Crippen LogP contribution in [0.2, 0.25) is 0 Å². The Kier molecular flexibility index (Phi) is 5.82. The van der Waals surface area contributed by atoms with Crippen LogP contribution >= 0.6 is 0 Å². The third-order valence-corrected chi connectivity index (χ3v) is 5.88. The molecule has 3 rings (SSSR count). The minimum absolute atomic E-state index is 0.0568. The highest BCUT2D eigenvalue weighted by atomic mass is 32.2. The number of rotatable bonds is 8. The highest BCUT2D eigenvalue weighted by Crippen LogP contribution is 2.25. The van der Waals surface area contributed by atoms with Crippen LogP contribution in [0.25, 0.3) is 0 Å². The van der Waals surface area contributed by atoms with Gasteiger partial charge in [0, 0.05) is 11.7 Å². The maximum Gasteiger partial charge on any atom is 0.262 e. The molecule has 144 valence electrons. The van der Waals surface area contributed by atoms with Crippen molar-refractivity contribution in [3.63, 3.8) is 0 Å². The lowest BCUT2D eigenvalue weighted by atomic mass is 10.1. The number of hydrogen-bond donors (Lipinski definition) is 2. The lowest BCUT2D eigenvalue weighted by Gasteiger charge is -2.12. The van der Waals surface area contributed by atoms with Crippen LogP contribution in [0.5, 0.6) is 5.75 Å². The fraction of sp³-hybridized carbons (Fsp3) is 0.350. The highest BCUT2D eigenvalue weighted by Gasteiger charge is 2.28. The summed E-state index contributed by atoms with van der Waals surface area (Å²) in [6.45, 7) is 3.68. The van der Waals surface area contributed by atoms with Gasteiger partial charge in [0.15, 0.2) is 6.61 Å². The minimum atomic E-state index is -3.50. The van der Waals surface area contributed by atoms with Gasteiger partial charge in [-0.25, -0.2) is 13.1 Å². The zero-order valence-corrected chi connectivity index (χ0v) is 16.3. The van der Waals surface area contributed by atoms with Crippen LogP contribution in [0.15, 0.2) is 47.4 Å². The van der Waals surface area contributed by atoms with E-state index < -0.39 is 10.0 Å². The van der Waals surface area contributed by atoms with Gasteiger partial charge in [0.25, 0.3) is 5.91 Å². The molecule has 0 bridgehead atoms. The van der Waals surface area contributed by atoms with Crippen molar-refractivity contribution in [3.8, 4) is 5.75 Å². The van der Waals surface area contributed by atoms with E-state index >= 15 is 0 Å². The molecule has 0 spiro atoms. The van der Waals surface area contributed by atoms with Crippen LogP contribution in [0, 0.1) is 6.92 Å². The molecule has 0 atom stereocenters. The van der Waals surface area contributed by atoms with Gasteiger partial charge in [0.05, 0.1) is 4.90 Å². The van der Waals surface area contributed by atoms with Crippen molar-refractivity contribution in [2.75, 3.05) is 11.9 Å². The monoisotopic (exact) mass is 388 g/mol. The van der Waals surface area contributed by atoms with Crippen molar-refractivity contribution in [2.24, 2.45) is 0 Å². The molecule has 1 saturated carbocycles. The number of benzene rings is 2. The number of hydrogen-bond acceptors (Lipinski definition) is 4. The smallest absolute Gasteiger partial charge is 0.262 e. The molecule has 0 aromatic heterocycles.